The number of thioether (sulfide) groups is 1. The molecule has 3 unspecified atom stereocenters. The molecule has 0 radical (unpaired) electrons. The molecule has 0 aromatic rings. The lowest BCUT2D eigenvalue weighted by molar-refractivity contribution is -0.284. The van der Waals surface area contributed by atoms with Crippen molar-refractivity contribution in [1.29, 1.82) is 0 Å². The number of unbranched alkanes of at least 4 members (excludes halogenated alkanes) is 3. The molecule has 0 N–H and O–H groups in total. The van der Waals surface area contributed by atoms with Crippen LogP contribution in [0.1, 0.15) is 87.5 Å². The summed E-state index contributed by atoms with van der Waals surface area (Å²) in [5.74, 6) is 2.09. The molecule has 3 nitrogen and oxygen atoms in total. The van der Waals surface area contributed by atoms with Crippen LogP contribution in [0.3, 0.4) is 0 Å². The smallest absolute Gasteiger partial charge is 0.161 e. The van der Waals surface area contributed by atoms with E-state index in [0.717, 1.165) is 11.7 Å². The molecule has 0 saturated carbocycles. The van der Waals surface area contributed by atoms with E-state index in [2.05, 4.69) is 67.2 Å². The standard InChI is InChI=1S/C22H44O3S/c1-15(2)23-21-18(7)19(8)22(24-16(3)4)25-20(21)13-11-9-10-12-14-26-17(5)6/h15-22H,9-14H2,1-8H3/t18?,19?,20?,21-,22-/m0/s1. The van der Waals surface area contributed by atoms with Crippen LogP contribution in [0.15, 0.2) is 0 Å². The lowest BCUT2D eigenvalue weighted by atomic mass is 9.83. The van der Waals surface area contributed by atoms with Gasteiger partial charge in [0.1, 0.15) is 0 Å². The summed E-state index contributed by atoms with van der Waals surface area (Å²) in [6, 6.07) is 0. The maximum atomic E-state index is 6.40. The molecular weight excluding hydrogens is 344 g/mol. The zero-order valence-electron chi connectivity index (χ0n) is 18.5. The van der Waals surface area contributed by atoms with Crippen molar-refractivity contribution in [3.05, 3.63) is 0 Å². The van der Waals surface area contributed by atoms with Gasteiger partial charge in [-0.3, -0.25) is 0 Å². The van der Waals surface area contributed by atoms with Crippen LogP contribution in [-0.4, -0.2) is 41.7 Å². The molecule has 1 rings (SSSR count). The van der Waals surface area contributed by atoms with E-state index in [0.29, 0.717) is 11.8 Å². The van der Waals surface area contributed by atoms with E-state index in [1.807, 2.05) is 0 Å². The van der Waals surface area contributed by atoms with Crippen LogP contribution in [-0.2, 0) is 14.2 Å². The lowest BCUT2D eigenvalue weighted by Crippen LogP contribution is -2.52. The first-order valence-electron chi connectivity index (χ1n) is 10.8. The van der Waals surface area contributed by atoms with Gasteiger partial charge in [-0.1, -0.05) is 47.0 Å². The molecule has 5 atom stereocenters. The summed E-state index contributed by atoms with van der Waals surface area (Å²) in [6.45, 7) is 17.5. The SMILES string of the molecule is CC(C)O[C@H]1OC(CCCCCCSC(C)C)[C@@H](OC(C)C)C(C)C1C. The van der Waals surface area contributed by atoms with E-state index < -0.39 is 0 Å². The summed E-state index contributed by atoms with van der Waals surface area (Å²) in [6.07, 6.45) is 6.86. The third-order valence-corrected chi connectivity index (χ3v) is 6.31. The minimum Gasteiger partial charge on any atom is -0.373 e. The van der Waals surface area contributed by atoms with Gasteiger partial charge >= 0.3 is 0 Å². The normalized spacial score (nSPS) is 29.9. The molecule has 0 bridgehead atoms. The number of ether oxygens (including phenoxy) is 3. The summed E-state index contributed by atoms with van der Waals surface area (Å²) in [5, 5.41) is 0.751. The van der Waals surface area contributed by atoms with Crippen LogP contribution < -0.4 is 0 Å². The van der Waals surface area contributed by atoms with Crippen molar-refractivity contribution in [3.63, 3.8) is 0 Å². The largest absolute Gasteiger partial charge is 0.373 e. The van der Waals surface area contributed by atoms with E-state index in [4.69, 9.17) is 14.2 Å². The van der Waals surface area contributed by atoms with Gasteiger partial charge in [0.15, 0.2) is 6.29 Å². The molecule has 1 saturated heterocycles. The van der Waals surface area contributed by atoms with Crippen molar-refractivity contribution < 1.29 is 14.2 Å². The van der Waals surface area contributed by atoms with E-state index in [9.17, 15) is 0 Å². The molecule has 0 aromatic heterocycles. The first-order chi connectivity index (χ1) is 12.2. The number of hydrogen-bond acceptors (Lipinski definition) is 4. The third-order valence-electron chi connectivity index (χ3n) is 5.12. The fourth-order valence-electron chi connectivity index (χ4n) is 3.56. The second-order valence-electron chi connectivity index (χ2n) is 8.72. The highest BCUT2D eigenvalue weighted by atomic mass is 32.2. The van der Waals surface area contributed by atoms with Crippen LogP contribution in [0.2, 0.25) is 0 Å². The highest BCUT2D eigenvalue weighted by Gasteiger charge is 2.42. The fourth-order valence-corrected chi connectivity index (χ4v) is 4.40. The molecule has 0 aliphatic carbocycles. The Labute approximate surface area is 167 Å². The van der Waals surface area contributed by atoms with E-state index >= 15 is 0 Å². The summed E-state index contributed by atoms with van der Waals surface area (Å²) in [5.41, 5.74) is 0. The van der Waals surface area contributed by atoms with Gasteiger partial charge in [-0.05, 0) is 57.5 Å². The molecular formula is C22H44O3S. The Morgan fingerprint density at radius 1 is 0.808 bits per heavy atom. The highest BCUT2D eigenvalue weighted by Crippen LogP contribution is 2.36. The predicted octanol–water partition coefficient (Wildman–Crippen LogP) is 6.29. The second kappa shape index (κ2) is 12.6. The predicted molar refractivity (Wildman–Crippen MR) is 114 cm³/mol. The molecule has 1 aliphatic heterocycles. The Kier molecular flexibility index (Phi) is 11.8. The quantitative estimate of drug-likeness (QED) is 0.367. The van der Waals surface area contributed by atoms with Crippen LogP contribution in [0.5, 0.6) is 0 Å². The fraction of sp³-hybridized carbons (Fsp3) is 1.00. The van der Waals surface area contributed by atoms with Gasteiger partial charge in [0.25, 0.3) is 0 Å². The monoisotopic (exact) mass is 388 g/mol. The van der Waals surface area contributed by atoms with Crippen molar-refractivity contribution in [2.75, 3.05) is 5.75 Å². The van der Waals surface area contributed by atoms with Gasteiger partial charge in [0.05, 0.1) is 24.4 Å². The van der Waals surface area contributed by atoms with Crippen LogP contribution in [0, 0.1) is 11.8 Å². The van der Waals surface area contributed by atoms with E-state index in [1.165, 1.54) is 31.4 Å². The molecule has 0 spiro atoms. The molecule has 1 aliphatic rings. The van der Waals surface area contributed by atoms with Crippen molar-refractivity contribution in [2.24, 2.45) is 11.8 Å². The number of rotatable bonds is 12. The van der Waals surface area contributed by atoms with Gasteiger partial charge in [-0.2, -0.15) is 11.8 Å². The van der Waals surface area contributed by atoms with Crippen molar-refractivity contribution in [1.82, 2.24) is 0 Å². The summed E-state index contributed by atoms with van der Waals surface area (Å²) in [4.78, 5) is 0. The Morgan fingerprint density at radius 2 is 1.42 bits per heavy atom. The highest BCUT2D eigenvalue weighted by molar-refractivity contribution is 7.99. The average molecular weight is 389 g/mol. The Balaban J connectivity index is 2.50. The van der Waals surface area contributed by atoms with Crippen LogP contribution in [0.4, 0.5) is 0 Å². The molecule has 0 amide bonds. The first kappa shape index (κ1) is 24.3. The Bertz CT molecular complexity index is 359. The molecule has 0 aromatic carbocycles. The van der Waals surface area contributed by atoms with Gasteiger partial charge in [-0.15, -0.1) is 0 Å². The zero-order chi connectivity index (χ0) is 19.7. The van der Waals surface area contributed by atoms with Gasteiger partial charge in [0, 0.05) is 5.92 Å². The zero-order valence-corrected chi connectivity index (χ0v) is 19.3. The molecule has 4 heteroatoms. The maximum Gasteiger partial charge on any atom is 0.161 e. The van der Waals surface area contributed by atoms with Gasteiger partial charge < -0.3 is 14.2 Å². The van der Waals surface area contributed by atoms with Gasteiger partial charge in [-0.25, -0.2) is 0 Å². The summed E-state index contributed by atoms with van der Waals surface area (Å²) < 4.78 is 18.7. The summed E-state index contributed by atoms with van der Waals surface area (Å²) >= 11 is 2.07. The molecule has 1 heterocycles. The average Bonchev–Trinajstić information content (AvgIpc) is 2.53. The van der Waals surface area contributed by atoms with E-state index in [1.54, 1.807) is 0 Å². The third kappa shape index (κ3) is 8.95. The van der Waals surface area contributed by atoms with Crippen molar-refractivity contribution in [3.8, 4) is 0 Å². The maximum absolute atomic E-state index is 6.40. The second-order valence-corrected chi connectivity index (χ2v) is 10.4. The van der Waals surface area contributed by atoms with Crippen LogP contribution >= 0.6 is 11.8 Å². The Hall–Kier alpha value is 0.230. The molecule has 1 fully saturated rings. The molecule has 26 heavy (non-hydrogen) atoms. The minimum atomic E-state index is -0.107. The molecule has 156 valence electrons. The Morgan fingerprint density at radius 3 is 2.00 bits per heavy atom. The summed E-state index contributed by atoms with van der Waals surface area (Å²) in [7, 11) is 0. The first-order valence-corrected chi connectivity index (χ1v) is 11.8. The van der Waals surface area contributed by atoms with Gasteiger partial charge in [0.2, 0.25) is 0 Å². The van der Waals surface area contributed by atoms with Crippen molar-refractivity contribution in [2.45, 2.75) is 123 Å². The number of hydrogen-bond donors (Lipinski definition) is 0. The van der Waals surface area contributed by atoms with Crippen LogP contribution in [0.25, 0.3) is 0 Å². The van der Waals surface area contributed by atoms with Crippen molar-refractivity contribution >= 4 is 11.8 Å². The van der Waals surface area contributed by atoms with E-state index in [-0.39, 0.29) is 30.7 Å². The topological polar surface area (TPSA) is 27.7 Å². The lowest BCUT2D eigenvalue weighted by Gasteiger charge is -2.45. The minimum absolute atomic E-state index is 0.107.